The molecule has 0 amide bonds. The van der Waals surface area contributed by atoms with Gasteiger partial charge >= 0.3 is 0 Å². The van der Waals surface area contributed by atoms with Crippen molar-refractivity contribution in [1.82, 2.24) is 9.80 Å². The van der Waals surface area contributed by atoms with Gasteiger partial charge in [-0.2, -0.15) is 0 Å². The van der Waals surface area contributed by atoms with Crippen LogP contribution in [0, 0.1) is 5.92 Å². The molecule has 3 heteroatoms. The van der Waals surface area contributed by atoms with Gasteiger partial charge in [0.2, 0.25) is 0 Å². The van der Waals surface area contributed by atoms with Crippen molar-refractivity contribution in [3.63, 3.8) is 0 Å². The van der Waals surface area contributed by atoms with Crippen molar-refractivity contribution in [3.05, 3.63) is 0 Å². The Kier molecular flexibility index (Phi) is 4.22. The van der Waals surface area contributed by atoms with Crippen LogP contribution in [0.25, 0.3) is 0 Å². The molecule has 2 saturated heterocycles. The third kappa shape index (κ3) is 3.06. The quantitative estimate of drug-likeness (QED) is 0.810. The van der Waals surface area contributed by atoms with Gasteiger partial charge in [-0.15, -0.1) is 0 Å². The molecule has 3 aliphatic rings. The molecule has 18 heavy (non-hydrogen) atoms. The summed E-state index contributed by atoms with van der Waals surface area (Å²) in [6, 6.07) is 1.37. The van der Waals surface area contributed by atoms with Crippen LogP contribution in [0.1, 0.15) is 44.9 Å². The van der Waals surface area contributed by atoms with E-state index < -0.39 is 0 Å². The van der Waals surface area contributed by atoms with Crippen LogP contribution in [0.2, 0.25) is 0 Å². The molecule has 1 unspecified atom stereocenters. The van der Waals surface area contributed by atoms with E-state index in [1.807, 2.05) is 0 Å². The largest absolute Gasteiger partial charge is 0.328 e. The average Bonchev–Trinajstić information content (AvgIpc) is 2.71. The van der Waals surface area contributed by atoms with Crippen LogP contribution < -0.4 is 5.73 Å². The molecule has 3 rings (SSSR count). The van der Waals surface area contributed by atoms with E-state index in [1.165, 1.54) is 77.7 Å². The maximum Gasteiger partial charge on any atom is 0.0223 e. The van der Waals surface area contributed by atoms with Crippen molar-refractivity contribution in [2.24, 2.45) is 11.7 Å². The van der Waals surface area contributed by atoms with Gasteiger partial charge < -0.3 is 10.6 Å². The molecule has 0 aromatic heterocycles. The summed E-state index contributed by atoms with van der Waals surface area (Å²) in [5, 5.41) is 0. The Morgan fingerprint density at radius 3 is 2.50 bits per heavy atom. The second kappa shape index (κ2) is 5.89. The highest BCUT2D eigenvalue weighted by molar-refractivity contribution is 4.86. The highest BCUT2D eigenvalue weighted by Gasteiger charge is 2.30. The summed E-state index contributed by atoms with van der Waals surface area (Å²) in [4.78, 5) is 5.49. The molecule has 0 radical (unpaired) electrons. The molecule has 1 saturated carbocycles. The van der Waals surface area contributed by atoms with Gasteiger partial charge in [0.25, 0.3) is 0 Å². The molecule has 0 aromatic carbocycles. The molecule has 2 N–H and O–H groups in total. The Balaban J connectivity index is 1.49. The topological polar surface area (TPSA) is 32.5 Å². The molecular formula is C15H29N3. The summed E-state index contributed by atoms with van der Waals surface area (Å²) in [7, 11) is 0. The van der Waals surface area contributed by atoms with Crippen LogP contribution >= 0.6 is 0 Å². The molecular weight excluding hydrogens is 222 g/mol. The van der Waals surface area contributed by atoms with E-state index in [0.717, 1.165) is 12.0 Å². The Labute approximate surface area is 112 Å². The zero-order valence-electron chi connectivity index (χ0n) is 11.7. The SMILES string of the molecule is NC1CCC(CN2CCCN3CCCC3C2)CC1. The normalized spacial score (nSPS) is 39.5. The van der Waals surface area contributed by atoms with Crippen LogP contribution in [0.5, 0.6) is 0 Å². The van der Waals surface area contributed by atoms with Crippen molar-refractivity contribution in [1.29, 1.82) is 0 Å². The number of hydrogen-bond donors (Lipinski definition) is 1. The first-order valence-electron chi connectivity index (χ1n) is 8.03. The van der Waals surface area contributed by atoms with E-state index in [1.54, 1.807) is 0 Å². The first-order chi connectivity index (χ1) is 8.81. The van der Waals surface area contributed by atoms with Crippen molar-refractivity contribution in [3.8, 4) is 0 Å². The van der Waals surface area contributed by atoms with Crippen LogP contribution in [-0.4, -0.2) is 54.6 Å². The lowest BCUT2D eigenvalue weighted by atomic mass is 9.86. The Morgan fingerprint density at radius 2 is 1.67 bits per heavy atom. The summed E-state index contributed by atoms with van der Waals surface area (Å²) < 4.78 is 0. The zero-order chi connectivity index (χ0) is 12.4. The van der Waals surface area contributed by atoms with Gasteiger partial charge in [0.1, 0.15) is 0 Å². The lowest BCUT2D eigenvalue weighted by Gasteiger charge is -2.32. The van der Waals surface area contributed by atoms with E-state index in [9.17, 15) is 0 Å². The predicted octanol–water partition coefficient (Wildman–Crippen LogP) is 1.67. The number of nitrogens with zero attached hydrogens (tertiary/aromatic N) is 2. The van der Waals surface area contributed by atoms with Gasteiger partial charge in [-0.1, -0.05) is 0 Å². The summed E-state index contributed by atoms with van der Waals surface area (Å²) in [5.74, 6) is 0.928. The maximum absolute atomic E-state index is 6.00. The van der Waals surface area contributed by atoms with Gasteiger partial charge in [-0.05, 0) is 70.5 Å². The van der Waals surface area contributed by atoms with Gasteiger partial charge in [0, 0.05) is 25.2 Å². The number of hydrogen-bond acceptors (Lipinski definition) is 3. The number of nitrogens with two attached hydrogens (primary N) is 1. The smallest absolute Gasteiger partial charge is 0.0223 e. The lowest BCUT2D eigenvalue weighted by Crippen LogP contribution is -2.40. The second-order valence-corrected chi connectivity index (χ2v) is 6.73. The lowest BCUT2D eigenvalue weighted by molar-refractivity contribution is 0.176. The van der Waals surface area contributed by atoms with Crippen molar-refractivity contribution in [2.45, 2.75) is 57.0 Å². The first-order valence-corrected chi connectivity index (χ1v) is 8.03. The summed E-state index contributed by atoms with van der Waals surface area (Å²) in [5.41, 5.74) is 6.00. The molecule has 0 spiro atoms. The fourth-order valence-electron chi connectivity index (χ4n) is 4.18. The molecule has 104 valence electrons. The van der Waals surface area contributed by atoms with E-state index in [0.29, 0.717) is 6.04 Å². The van der Waals surface area contributed by atoms with E-state index in [4.69, 9.17) is 5.73 Å². The van der Waals surface area contributed by atoms with Crippen LogP contribution in [0.15, 0.2) is 0 Å². The van der Waals surface area contributed by atoms with Crippen molar-refractivity contribution >= 4 is 0 Å². The van der Waals surface area contributed by atoms with Crippen LogP contribution in [-0.2, 0) is 0 Å². The van der Waals surface area contributed by atoms with Crippen LogP contribution in [0.4, 0.5) is 0 Å². The molecule has 2 aliphatic heterocycles. The minimum Gasteiger partial charge on any atom is -0.328 e. The van der Waals surface area contributed by atoms with Crippen molar-refractivity contribution < 1.29 is 0 Å². The van der Waals surface area contributed by atoms with E-state index in [-0.39, 0.29) is 0 Å². The third-order valence-corrected chi connectivity index (χ3v) is 5.30. The van der Waals surface area contributed by atoms with Gasteiger partial charge in [0.05, 0.1) is 0 Å². The number of rotatable bonds is 2. The summed E-state index contributed by atoms with van der Waals surface area (Å²) in [6.45, 7) is 6.71. The first kappa shape index (κ1) is 12.9. The Morgan fingerprint density at radius 1 is 0.889 bits per heavy atom. The van der Waals surface area contributed by atoms with Gasteiger partial charge in [-0.25, -0.2) is 0 Å². The number of fused-ring (bicyclic) bond motifs is 1. The summed E-state index contributed by atoms with van der Waals surface area (Å²) in [6.07, 6.45) is 9.49. The van der Waals surface area contributed by atoms with Crippen molar-refractivity contribution in [2.75, 3.05) is 32.7 Å². The molecule has 3 nitrogen and oxygen atoms in total. The molecule has 1 aliphatic carbocycles. The third-order valence-electron chi connectivity index (χ3n) is 5.30. The summed E-state index contributed by atoms with van der Waals surface area (Å²) >= 11 is 0. The molecule has 2 heterocycles. The average molecular weight is 251 g/mol. The standard InChI is InChI=1S/C15H29N3/c16-14-6-4-13(5-7-14)11-17-8-2-10-18-9-1-3-15(18)12-17/h13-15H,1-12,16H2. The minimum absolute atomic E-state index is 0.496. The van der Waals surface area contributed by atoms with E-state index in [2.05, 4.69) is 9.80 Å². The minimum atomic E-state index is 0.496. The zero-order valence-corrected chi connectivity index (χ0v) is 11.7. The predicted molar refractivity (Wildman–Crippen MR) is 75.6 cm³/mol. The Hall–Kier alpha value is -0.120. The maximum atomic E-state index is 6.00. The highest BCUT2D eigenvalue weighted by Crippen LogP contribution is 2.26. The fraction of sp³-hybridized carbons (Fsp3) is 1.00. The molecule has 0 aromatic rings. The highest BCUT2D eigenvalue weighted by atomic mass is 15.3. The fourth-order valence-corrected chi connectivity index (χ4v) is 4.18. The van der Waals surface area contributed by atoms with Gasteiger partial charge in [0.15, 0.2) is 0 Å². The Bertz CT molecular complexity index is 260. The van der Waals surface area contributed by atoms with Gasteiger partial charge in [-0.3, -0.25) is 4.90 Å². The molecule has 1 atom stereocenters. The molecule has 0 bridgehead atoms. The van der Waals surface area contributed by atoms with Crippen LogP contribution in [0.3, 0.4) is 0 Å². The monoisotopic (exact) mass is 251 g/mol. The van der Waals surface area contributed by atoms with E-state index >= 15 is 0 Å². The molecule has 3 fully saturated rings. The second-order valence-electron chi connectivity index (χ2n) is 6.73.